The van der Waals surface area contributed by atoms with E-state index in [0.717, 1.165) is 39.2 Å². The normalized spacial score (nSPS) is 11.2. The number of anilines is 3. The summed E-state index contributed by atoms with van der Waals surface area (Å²) in [4.78, 5) is 40.4. The third-order valence-electron chi connectivity index (χ3n) is 7.65. The van der Waals surface area contributed by atoms with Gasteiger partial charge in [-0.25, -0.2) is 14.3 Å². The summed E-state index contributed by atoms with van der Waals surface area (Å²) in [6.07, 6.45) is 1.84. The van der Waals surface area contributed by atoms with Crippen LogP contribution in [0.4, 0.5) is 27.8 Å². The molecule has 0 saturated carbocycles. The molecule has 2 heterocycles. The van der Waals surface area contributed by atoms with Crippen molar-refractivity contribution in [3.63, 3.8) is 0 Å². The number of non-ortho nitro benzene ring substituents is 1. The second-order valence-corrected chi connectivity index (χ2v) is 12.5. The smallest absolute Gasteiger partial charge is 0.407 e. The number of ether oxygens (including phenoxy) is 1. The van der Waals surface area contributed by atoms with Crippen LogP contribution in [0.1, 0.15) is 36.7 Å². The molecule has 2 aromatic heterocycles. The van der Waals surface area contributed by atoms with Crippen LogP contribution in [0.25, 0.3) is 27.9 Å². The molecule has 50 heavy (non-hydrogen) atoms. The van der Waals surface area contributed by atoms with E-state index in [-0.39, 0.29) is 11.6 Å². The van der Waals surface area contributed by atoms with E-state index in [1.807, 2.05) is 87.5 Å². The van der Waals surface area contributed by atoms with E-state index < -0.39 is 16.6 Å². The van der Waals surface area contributed by atoms with Crippen molar-refractivity contribution < 1.29 is 19.2 Å². The van der Waals surface area contributed by atoms with Gasteiger partial charge in [0.1, 0.15) is 5.60 Å². The minimum atomic E-state index is -0.553. The first-order valence-electron chi connectivity index (χ1n) is 15.9. The van der Waals surface area contributed by atoms with Gasteiger partial charge in [0, 0.05) is 41.2 Å². The molecule has 252 valence electrons. The lowest BCUT2D eigenvalue weighted by molar-refractivity contribution is -0.384. The van der Waals surface area contributed by atoms with Gasteiger partial charge in [0.05, 0.1) is 22.3 Å². The van der Waals surface area contributed by atoms with Crippen LogP contribution < -0.4 is 16.0 Å². The van der Waals surface area contributed by atoms with Gasteiger partial charge in [-0.15, -0.1) is 0 Å². The van der Waals surface area contributed by atoms with Crippen molar-refractivity contribution in [2.24, 2.45) is 0 Å². The minimum absolute atomic E-state index is 0.0412. The molecule has 0 aliphatic carbocycles. The monoisotopic (exact) mass is 669 g/mol. The summed E-state index contributed by atoms with van der Waals surface area (Å²) in [6, 6.07) is 32.6. The Morgan fingerprint density at radius 2 is 1.54 bits per heavy atom. The molecule has 0 atom stereocenters. The van der Waals surface area contributed by atoms with Crippen molar-refractivity contribution in [2.45, 2.75) is 32.8 Å². The number of carbonyl (C=O) groups excluding carboxylic acids is 2. The van der Waals surface area contributed by atoms with E-state index in [4.69, 9.17) is 9.72 Å². The number of nitro benzene ring substituents is 1. The van der Waals surface area contributed by atoms with Gasteiger partial charge >= 0.3 is 6.09 Å². The molecule has 6 aromatic rings. The molecule has 0 fully saturated rings. The summed E-state index contributed by atoms with van der Waals surface area (Å²) in [6.45, 7) is 5.86. The molecule has 2 amide bonds. The van der Waals surface area contributed by atoms with Gasteiger partial charge in [-0.3, -0.25) is 14.9 Å². The Bertz CT molecular complexity index is 2150. The van der Waals surface area contributed by atoms with Crippen LogP contribution in [0.2, 0.25) is 0 Å². The van der Waals surface area contributed by atoms with Gasteiger partial charge in [0.2, 0.25) is 5.95 Å². The first-order chi connectivity index (χ1) is 24.0. The number of nitrogens with one attached hydrogen (secondary N) is 3. The van der Waals surface area contributed by atoms with Gasteiger partial charge in [-0.05, 0) is 92.4 Å². The van der Waals surface area contributed by atoms with E-state index in [1.54, 1.807) is 47.1 Å². The summed E-state index contributed by atoms with van der Waals surface area (Å²) >= 11 is 0. The average molecular weight is 670 g/mol. The van der Waals surface area contributed by atoms with Crippen molar-refractivity contribution in [3.8, 4) is 22.4 Å². The maximum Gasteiger partial charge on any atom is 0.407 e. The lowest BCUT2D eigenvalue weighted by Gasteiger charge is -2.19. The number of amides is 2. The molecule has 12 nitrogen and oxygen atoms in total. The standard InChI is InChI=1S/C38H35N7O5/c1-38(2,3)50-37(47)39-21-19-25-7-9-28(10-8-25)35(46)41-30-15-17-31(18-16-30)42-36-43-34(24-32-20-22-40-44(32)36)27-13-11-26(12-14-27)29-5-4-6-33(23-29)45(48)49/h4-18,20,22-24H,19,21H2,1-3H3,(H,39,47)(H,41,46)(H,42,43). The highest BCUT2D eigenvalue weighted by Crippen LogP contribution is 2.29. The SMILES string of the molecule is CC(C)(C)OC(=O)NCCc1ccc(C(=O)Nc2ccc(Nc3nc(-c4ccc(-c5cccc([N+](=O)[O-])c5)cc4)cc4ccnn34)cc2)cc1. The van der Waals surface area contributed by atoms with Gasteiger partial charge in [0.15, 0.2) is 0 Å². The number of alkyl carbamates (subject to hydrolysis) is 1. The highest BCUT2D eigenvalue weighted by molar-refractivity contribution is 6.04. The number of rotatable bonds is 10. The molecule has 4 aromatic carbocycles. The maximum absolute atomic E-state index is 12.9. The zero-order valence-corrected chi connectivity index (χ0v) is 27.7. The van der Waals surface area contributed by atoms with E-state index in [9.17, 15) is 19.7 Å². The van der Waals surface area contributed by atoms with Crippen LogP contribution in [0, 0.1) is 10.1 Å². The second kappa shape index (κ2) is 14.3. The Morgan fingerprint density at radius 3 is 2.24 bits per heavy atom. The first kappa shape index (κ1) is 33.3. The molecule has 12 heteroatoms. The van der Waals surface area contributed by atoms with Crippen LogP contribution in [0.5, 0.6) is 0 Å². The maximum atomic E-state index is 12.9. The molecule has 0 bridgehead atoms. The summed E-state index contributed by atoms with van der Waals surface area (Å²) in [5, 5.41) is 24.6. The largest absolute Gasteiger partial charge is 0.444 e. The molecular formula is C38H35N7O5. The fourth-order valence-electron chi connectivity index (χ4n) is 5.21. The van der Waals surface area contributed by atoms with Crippen LogP contribution in [0.3, 0.4) is 0 Å². The average Bonchev–Trinajstić information content (AvgIpc) is 3.58. The van der Waals surface area contributed by atoms with Crippen LogP contribution in [0.15, 0.2) is 115 Å². The lowest BCUT2D eigenvalue weighted by Crippen LogP contribution is -2.33. The number of hydrogen-bond donors (Lipinski definition) is 3. The van der Waals surface area contributed by atoms with Crippen molar-refractivity contribution in [3.05, 3.63) is 137 Å². The Kier molecular flexibility index (Phi) is 9.52. The number of benzene rings is 4. The molecule has 3 N–H and O–H groups in total. The summed E-state index contributed by atoms with van der Waals surface area (Å²) in [7, 11) is 0. The summed E-state index contributed by atoms with van der Waals surface area (Å²) in [5.74, 6) is 0.261. The minimum Gasteiger partial charge on any atom is -0.444 e. The number of nitro groups is 1. The third kappa shape index (κ3) is 8.29. The molecule has 0 aliphatic heterocycles. The number of fused-ring (bicyclic) bond motifs is 1. The highest BCUT2D eigenvalue weighted by Gasteiger charge is 2.16. The molecule has 0 aliphatic rings. The van der Waals surface area contributed by atoms with Crippen molar-refractivity contribution in [1.82, 2.24) is 19.9 Å². The fourth-order valence-corrected chi connectivity index (χ4v) is 5.21. The van der Waals surface area contributed by atoms with Crippen molar-refractivity contribution in [2.75, 3.05) is 17.2 Å². The van der Waals surface area contributed by atoms with Crippen LogP contribution >= 0.6 is 0 Å². The number of hydrogen-bond acceptors (Lipinski definition) is 8. The fraction of sp³-hybridized carbons (Fsp3) is 0.158. The van der Waals surface area contributed by atoms with E-state index >= 15 is 0 Å². The zero-order valence-electron chi connectivity index (χ0n) is 27.7. The van der Waals surface area contributed by atoms with Gasteiger partial charge in [-0.1, -0.05) is 48.5 Å². The number of aromatic nitrogens is 3. The first-order valence-corrected chi connectivity index (χ1v) is 15.9. The molecule has 0 saturated heterocycles. The lowest BCUT2D eigenvalue weighted by atomic mass is 10.0. The summed E-state index contributed by atoms with van der Waals surface area (Å²) in [5.41, 5.74) is 6.40. The molecular weight excluding hydrogens is 634 g/mol. The Labute approximate surface area is 288 Å². The van der Waals surface area contributed by atoms with Crippen LogP contribution in [-0.4, -0.2) is 43.7 Å². The number of nitrogens with zero attached hydrogens (tertiary/aromatic N) is 4. The quantitative estimate of drug-likeness (QED) is 0.0979. The topological polar surface area (TPSA) is 153 Å². The van der Waals surface area contributed by atoms with Crippen molar-refractivity contribution >= 4 is 40.5 Å². The predicted molar refractivity (Wildman–Crippen MR) is 193 cm³/mol. The third-order valence-corrected chi connectivity index (χ3v) is 7.65. The predicted octanol–water partition coefficient (Wildman–Crippen LogP) is 8.03. The van der Waals surface area contributed by atoms with E-state index in [1.165, 1.54) is 6.07 Å². The Morgan fingerprint density at radius 1 is 0.840 bits per heavy atom. The summed E-state index contributed by atoms with van der Waals surface area (Å²) < 4.78 is 6.95. The van der Waals surface area contributed by atoms with Gasteiger partial charge in [0.25, 0.3) is 11.6 Å². The highest BCUT2D eigenvalue weighted by atomic mass is 16.6. The zero-order chi connectivity index (χ0) is 35.3. The molecule has 0 spiro atoms. The molecule has 0 unspecified atom stereocenters. The number of carbonyl (C=O) groups is 2. The Balaban J connectivity index is 1.09. The van der Waals surface area contributed by atoms with Crippen molar-refractivity contribution in [1.29, 1.82) is 0 Å². The van der Waals surface area contributed by atoms with Gasteiger partial charge < -0.3 is 20.7 Å². The molecule has 0 radical (unpaired) electrons. The van der Waals surface area contributed by atoms with Gasteiger partial charge in [-0.2, -0.15) is 5.10 Å². The van der Waals surface area contributed by atoms with E-state index in [0.29, 0.717) is 30.2 Å². The molecule has 6 rings (SSSR count). The van der Waals surface area contributed by atoms with Crippen LogP contribution in [-0.2, 0) is 11.2 Å². The second-order valence-electron chi connectivity index (χ2n) is 12.5. The Hall–Kier alpha value is -6.56. The van der Waals surface area contributed by atoms with E-state index in [2.05, 4.69) is 21.0 Å².